The average molecular weight is 599 g/mol. The van der Waals surface area contributed by atoms with Crippen molar-refractivity contribution in [3.05, 3.63) is 112 Å². The van der Waals surface area contributed by atoms with Crippen molar-refractivity contribution >= 4 is 51.6 Å². The summed E-state index contributed by atoms with van der Waals surface area (Å²) in [7, 11) is 1.38. The molecule has 42 heavy (non-hydrogen) atoms. The minimum absolute atomic E-state index is 0.0976. The van der Waals surface area contributed by atoms with Crippen molar-refractivity contribution in [1.29, 1.82) is 0 Å². The molecular formula is C34H34N2O4S2. The quantitative estimate of drug-likeness (QED) is 0.146. The van der Waals surface area contributed by atoms with Gasteiger partial charge in [0.1, 0.15) is 5.00 Å². The first-order valence-electron chi connectivity index (χ1n) is 14.1. The predicted octanol–water partition coefficient (Wildman–Crippen LogP) is 7.50. The number of ether oxygens (including phenoxy) is 1. The second kappa shape index (κ2) is 13.9. The van der Waals surface area contributed by atoms with Crippen LogP contribution in [0.4, 0.5) is 10.7 Å². The zero-order valence-electron chi connectivity index (χ0n) is 23.7. The molecule has 3 aromatic carbocycles. The van der Waals surface area contributed by atoms with Crippen LogP contribution >= 0.6 is 23.1 Å². The third-order valence-electron chi connectivity index (χ3n) is 7.43. The third kappa shape index (κ3) is 7.12. The van der Waals surface area contributed by atoms with E-state index >= 15 is 0 Å². The van der Waals surface area contributed by atoms with E-state index in [9.17, 15) is 14.4 Å². The average Bonchev–Trinajstić information content (AvgIpc) is 3.37. The van der Waals surface area contributed by atoms with E-state index < -0.39 is 5.97 Å². The van der Waals surface area contributed by atoms with Gasteiger partial charge in [-0.2, -0.15) is 0 Å². The van der Waals surface area contributed by atoms with Gasteiger partial charge in [-0.3, -0.25) is 9.59 Å². The predicted molar refractivity (Wildman–Crippen MR) is 171 cm³/mol. The molecule has 0 saturated heterocycles. The van der Waals surface area contributed by atoms with Gasteiger partial charge in [0.05, 0.1) is 24.3 Å². The molecule has 0 aliphatic heterocycles. The largest absolute Gasteiger partial charge is 0.465 e. The standard InChI is InChI=1S/C34H34N2O4S2/c1-3-28(41-26-16-10-15-25(21-26)35-30(37)19-22-11-6-4-7-12-22)32(38)36-33-31(34(39)40-2)27-18-17-24(20-29(27)42-33)23-13-8-5-9-14-23/h4-16,21,24,28H,3,17-20H2,1-2H3,(H,35,37)(H,36,38). The number of thiophene rings is 1. The minimum atomic E-state index is -0.416. The first-order valence-corrected chi connectivity index (χ1v) is 15.8. The van der Waals surface area contributed by atoms with Crippen LogP contribution in [0.3, 0.4) is 0 Å². The SMILES string of the molecule is CCC(Sc1cccc(NC(=O)Cc2ccccc2)c1)C(=O)Nc1sc2c(c1C(=O)OC)CCC(c1ccccc1)C2. The van der Waals surface area contributed by atoms with Crippen molar-refractivity contribution in [3.63, 3.8) is 0 Å². The fourth-order valence-corrected chi connectivity index (χ4v) is 7.65. The molecule has 2 unspecified atom stereocenters. The van der Waals surface area contributed by atoms with E-state index in [4.69, 9.17) is 4.74 Å². The van der Waals surface area contributed by atoms with E-state index in [-0.39, 0.29) is 23.5 Å². The molecule has 1 heterocycles. The van der Waals surface area contributed by atoms with E-state index in [0.29, 0.717) is 28.6 Å². The molecule has 6 nitrogen and oxygen atoms in total. The van der Waals surface area contributed by atoms with Crippen LogP contribution in [0.25, 0.3) is 0 Å². The lowest BCUT2D eigenvalue weighted by molar-refractivity contribution is -0.116. The Morgan fingerprint density at radius 2 is 1.71 bits per heavy atom. The highest BCUT2D eigenvalue weighted by molar-refractivity contribution is 8.00. The summed E-state index contributed by atoms with van der Waals surface area (Å²) in [6.45, 7) is 1.97. The third-order valence-corrected chi connectivity index (χ3v) is 9.96. The summed E-state index contributed by atoms with van der Waals surface area (Å²) in [6, 6.07) is 27.6. The summed E-state index contributed by atoms with van der Waals surface area (Å²) in [5, 5.41) is 6.20. The molecule has 1 aliphatic carbocycles. The van der Waals surface area contributed by atoms with Crippen molar-refractivity contribution in [1.82, 2.24) is 0 Å². The molecule has 0 radical (unpaired) electrons. The maximum absolute atomic E-state index is 13.5. The number of fused-ring (bicyclic) bond motifs is 1. The molecule has 2 N–H and O–H groups in total. The van der Waals surface area contributed by atoms with E-state index in [1.807, 2.05) is 67.6 Å². The molecule has 2 amide bonds. The van der Waals surface area contributed by atoms with Crippen LogP contribution in [0.5, 0.6) is 0 Å². The summed E-state index contributed by atoms with van der Waals surface area (Å²) in [6.07, 6.45) is 3.42. The second-order valence-corrected chi connectivity index (χ2v) is 12.7. The number of carbonyl (C=O) groups is 3. The second-order valence-electron chi connectivity index (χ2n) is 10.3. The summed E-state index contributed by atoms with van der Waals surface area (Å²) < 4.78 is 5.14. The lowest BCUT2D eigenvalue weighted by atomic mass is 9.83. The monoisotopic (exact) mass is 598 g/mol. The highest BCUT2D eigenvalue weighted by Crippen LogP contribution is 2.43. The number of amides is 2. The number of carbonyl (C=O) groups excluding carboxylic acids is 3. The Balaban J connectivity index is 1.28. The van der Waals surface area contributed by atoms with Gasteiger partial charge in [0.2, 0.25) is 11.8 Å². The molecular weight excluding hydrogens is 565 g/mol. The Labute approximate surface area is 254 Å². The van der Waals surface area contributed by atoms with Gasteiger partial charge < -0.3 is 15.4 Å². The highest BCUT2D eigenvalue weighted by atomic mass is 32.2. The van der Waals surface area contributed by atoms with Crippen molar-refractivity contribution in [2.45, 2.75) is 55.1 Å². The van der Waals surface area contributed by atoms with Crippen LogP contribution in [0.15, 0.2) is 89.8 Å². The number of thioether (sulfide) groups is 1. The molecule has 1 aliphatic rings. The lowest BCUT2D eigenvalue weighted by Gasteiger charge is -2.22. The summed E-state index contributed by atoms with van der Waals surface area (Å²) in [4.78, 5) is 41.0. The molecule has 0 bridgehead atoms. The first kappa shape index (κ1) is 29.6. The van der Waals surface area contributed by atoms with Crippen molar-refractivity contribution in [2.24, 2.45) is 0 Å². The van der Waals surface area contributed by atoms with E-state index in [1.165, 1.54) is 35.8 Å². The molecule has 8 heteroatoms. The van der Waals surface area contributed by atoms with Gasteiger partial charge in [-0.25, -0.2) is 4.79 Å². The number of benzene rings is 3. The minimum Gasteiger partial charge on any atom is -0.465 e. The van der Waals surface area contributed by atoms with Crippen LogP contribution in [0.2, 0.25) is 0 Å². The fraction of sp³-hybridized carbons (Fsp3) is 0.265. The maximum Gasteiger partial charge on any atom is 0.341 e. The van der Waals surface area contributed by atoms with E-state index in [0.717, 1.165) is 40.2 Å². The number of hydrogen-bond donors (Lipinski definition) is 2. The van der Waals surface area contributed by atoms with Crippen molar-refractivity contribution in [3.8, 4) is 0 Å². The summed E-state index contributed by atoms with van der Waals surface area (Å²) >= 11 is 2.93. The molecule has 0 fully saturated rings. The number of rotatable bonds is 10. The van der Waals surface area contributed by atoms with Gasteiger partial charge >= 0.3 is 5.97 Å². The Kier molecular flexibility index (Phi) is 9.77. The fourth-order valence-electron chi connectivity index (χ4n) is 5.31. The maximum atomic E-state index is 13.5. The number of anilines is 2. The summed E-state index contributed by atoms with van der Waals surface area (Å²) in [5.74, 6) is -0.296. The van der Waals surface area contributed by atoms with Crippen LogP contribution in [-0.4, -0.2) is 30.1 Å². The molecule has 0 spiro atoms. The number of esters is 1. The van der Waals surface area contributed by atoms with Crippen molar-refractivity contribution < 1.29 is 19.1 Å². The number of methoxy groups -OCH3 is 1. The van der Waals surface area contributed by atoms with E-state index in [1.54, 1.807) is 0 Å². The molecule has 1 aromatic heterocycles. The van der Waals surface area contributed by atoms with Crippen LogP contribution in [0, 0.1) is 0 Å². The topological polar surface area (TPSA) is 84.5 Å². The lowest BCUT2D eigenvalue weighted by Crippen LogP contribution is -2.25. The first-order chi connectivity index (χ1) is 20.4. The van der Waals surface area contributed by atoms with E-state index in [2.05, 4.69) is 34.9 Å². The Morgan fingerprint density at radius 1 is 0.976 bits per heavy atom. The van der Waals surface area contributed by atoms with Gasteiger partial charge in [0, 0.05) is 15.5 Å². The Bertz CT molecular complexity index is 1550. The zero-order valence-corrected chi connectivity index (χ0v) is 25.4. The van der Waals surface area contributed by atoms with Gasteiger partial charge in [-0.05, 0) is 66.5 Å². The molecule has 0 saturated carbocycles. The number of nitrogens with one attached hydrogen (secondary N) is 2. The molecule has 2 atom stereocenters. The Hall–Kier alpha value is -3.88. The van der Waals surface area contributed by atoms with Crippen LogP contribution < -0.4 is 10.6 Å². The highest BCUT2D eigenvalue weighted by Gasteiger charge is 2.31. The smallest absolute Gasteiger partial charge is 0.341 e. The van der Waals surface area contributed by atoms with Gasteiger partial charge in [-0.15, -0.1) is 23.1 Å². The Morgan fingerprint density at radius 3 is 2.43 bits per heavy atom. The summed E-state index contributed by atoms with van der Waals surface area (Å²) in [5.41, 5.74) is 4.40. The number of hydrogen-bond acceptors (Lipinski definition) is 6. The van der Waals surface area contributed by atoms with Gasteiger partial charge in [0.15, 0.2) is 0 Å². The van der Waals surface area contributed by atoms with Crippen molar-refractivity contribution in [2.75, 3.05) is 17.7 Å². The van der Waals surface area contributed by atoms with Gasteiger partial charge in [-0.1, -0.05) is 73.7 Å². The zero-order chi connectivity index (χ0) is 29.5. The van der Waals surface area contributed by atoms with Crippen LogP contribution in [0.1, 0.15) is 57.6 Å². The van der Waals surface area contributed by atoms with Gasteiger partial charge in [0.25, 0.3) is 0 Å². The molecule has 4 aromatic rings. The normalized spacial score (nSPS) is 14.9. The van der Waals surface area contributed by atoms with Crippen LogP contribution in [-0.2, 0) is 33.6 Å². The molecule has 216 valence electrons. The molecule has 5 rings (SSSR count).